The Morgan fingerprint density at radius 2 is 1.95 bits per heavy atom. The molecule has 0 aromatic carbocycles. The van der Waals surface area contributed by atoms with Crippen LogP contribution < -0.4 is 5.73 Å². The molecule has 1 aromatic heterocycles. The zero-order valence-electron chi connectivity index (χ0n) is 13.6. The molecule has 0 bridgehead atoms. The van der Waals surface area contributed by atoms with Gasteiger partial charge in [-0.1, -0.05) is 26.7 Å². The summed E-state index contributed by atoms with van der Waals surface area (Å²) in [4.78, 5) is 0. The van der Waals surface area contributed by atoms with E-state index >= 15 is 0 Å². The average Bonchev–Trinajstić information content (AvgIpc) is 2.94. The Kier molecular flexibility index (Phi) is 3.48. The maximum atomic E-state index is 6.44. The van der Waals surface area contributed by atoms with Gasteiger partial charge >= 0.3 is 0 Å². The SMILES string of the molecule is Cc1cc2c(n1C(C)C1CCCC1)CC(C)(C)CC2N. The Bertz CT molecular complexity index is 492. The van der Waals surface area contributed by atoms with E-state index < -0.39 is 0 Å². The largest absolute Gasteiger partial charge is 0.346 e. The second-order valence-electron chi connectivity index (χ2n) is 7.99. The van der Waals surface area contributed by atoms with Crippen LogP contribution in [-0.2, 0) is 6.42 Å². The first-order chi connectivity index (χ1) is 9.39. The molecule has 1 saturated carbocycles. The van der Waals surface area contributed by atoms with Crippen LogP contribution in [-0.4, -0.2) is 4.57 Å². The lowest BCUT2D eigenvalue weighted by molar-refractivity contribution is 0.263. The van der Waals surface area contributed by atoms with Crippen molar-refractivity contribution in [3.8, 4) is 0 Å². The van der Waals surface area contributed by atoms with Crippen LogP contribution in [0.4, 0.5) is 0 Å². The van der Waals surface area contributed by atoms with E-state index in [0.29, 0.717) is 11.5 Å². The van der Waals surface area contributed by atoms with Crippen LogP contribution >= 0.6 is 0 Å². The molecule has 1 aromatic rings. The fourth-order valence-corrected chi connectivity index (χ4v) is 4.69. The van der Waals surface area contributed by atoms with Crippen molar-refractivity contribution < 1.29 is 0 Å². The normalized spacial score (nSPS) is 27.6. The standard InChI is InChI=1S/C18H30N2/c1-12-9-15-16(19)10-18(3,4)11-17(15)20(12)13(2)14-7-5-6-8-14/h9,13-14,16H,5-8,10-11,19H2,1-4H3. The third kappa shape index (κ3) is 2.32. The van der Waals surface area contributed by atoms with Crippen LogP contribution in [0.1, 0.15) is 81.9 Å². The minimum absolute atomic E-state index is 0.226. The first-order valence-corrected chi connectivity index (χ1v) is 8.35. The highest BCUT2D eigenvalue weighted by Gasteiger charge is 2.35. The van der Waals surface area contributed by atoms with Crippen molar-refractivity contribution in [3.63, 3.8) is 0 Å². The summed E-state index contributed by atoms with van der Waals surface area (Å²) in [6.07, 6.45) is 7.94. The van der Waals surface area contributed by atoms with E-state index in [0.717, 1.165) is 12.3 Å². The van der Waals surface area contributed by atoms with Gasteiger partial charge in [0.1, 0.15) is 0 Å². The second kappa shape index (κ2) is 4.91. The molecule has 2 aliphatic carbocycles. The number of rotatable bonds is 2. The number of hydrogen-bond acceptors (Lipinski definition) is 1. The minimum atomic E-state index is 0.226. The molecule has 2 nitrogen and oxygen atoms in total. The van der Waals surface area contributed by atoms with Gasteiger partial charge in [0.05, 0.1) is 0 Å². The molecule has 3 rings (SSSR count). The Morgan fingerprint density at radius 1 is 1.30 bits per heavy atom. The summed E-state index contributed by atoms with van der Waals surface area (Å²) < 4.78 is 2.63. The van der Waals surface area contributed by atoms with E-state index in [9.17, 15) is 0 Å². The molecule has 0 radical (unpaired) electrons. The van der Waals surface area contributed by atoms with E-state index in [4.69, 9.17) is 5.73 Å². The molecule has 0 amide bonds. The van der Waals surface area contributed by atoms with Gasteiger partial charge in [0, 0.05) is 23.5 Å². The predicted octanol–water partition coefficient (Wildman–Crippen LogP) is 4.52. The number of nitrogens with zero attached hydrogens (tertiary/aromatic N) is 1. The molecule has 2 aliphatic rings. The van der Waals surface area contributed by atoms with Crippen LogP contribution in [0, 0.1) is 18.3 Å². The molecule has 0 aliphatic heterocycles. The highest BCUT2D eigenvalue weighted by Crippen LogP contribution is 2.44. The number of fused-ring (bicyclic) bond motifs is 1. The van der Waals surface area contributed by atoms with E-state index in [1.165, 1.54) is 49.1 Å². The number of hydrogen-bond donors (Lipinski definition) is 1. The van der Waals surface area contributed by atoms with Gasteiger partial charge in [-0.15, -0.1) is 0 Å². The molecular weight excluding hydrogens is 244 g/mol. The summed E-state index contributed by atoms with van der Waals surface area (Å²) in [5, 5.41) is 0. The molecule has 1 fully saturated rings. The van der Waals surface area contributed by atoms with Crippen LogP contribution in [0.3, 0.4) is 0 Å². The molecule has 2 unspecified atom stereocenters. The second-order valence-corrected chi connectivity index (χ2v) is 7.99. The lowest BCUT2D eigenvalue weighted by Gasteiger charge is -2.36. The lowest BCUT2D eigenvalue weighted by Crippen LogP contribution is -2.31. The number of nitrogens with two attached hydrogens (primary N) is 1. The Morgan fingerprint density at radius 3 is 2.60 bits per heavy atom. The van der Waals surface area contributed by atoms with Crippen molar-refractivity contribution in [3.05, 3.63) is 23.0 Å². The summed E-state index contributed by atoms with van der Waals surface area (Å²) >= 11 is 0. The van der Waals surface area contributed by atoms with Gasteiger partial charge in [-0.2, -0.15) is 0 Å². The quantitative estimate of drug-likeness (QED) is 0.844. The first-order valence-electron chi connectivity index (χ1n) is 8.35. The molecule has 0 saturated heterocycles. The maximum absolute atomic E-state index is 6.44. The molecule has 0 spiro atoms. The van der Waals surface area contributed by atoms with E-state index in [2.05, 4.69) is 38.3 Å². The smallest absolute Gasteiger partial charge is 0.0335 e. The van der Waals surface area contributed by atoms with E-state index in [1.807, 2.05) is 0 Å². The summed E-state index contributed by atoms with van der Waals surface area (Å²) in [6, 6.07) is 3.23. The van der Waals surface area contributed by atoms with Crippen LogP contribution in [0.5, 0.6) is 0 Å². The molecular formula is C18H30N2. The summed E-state index contributed by atoms with van der Waals surface area (Å²) in [6.45, 7) is 9.42. The van der Waals surface area contributed by atoms with Gasteiger partial charge in [-0.25, -0.2) is 0 Å². The fraction of sp³-hybridized carbons (Fsp3) is 0.778. The summed E-state index contributed by atoms with van der Waals surface area (Å²) in [5.74, 6) is 0.867. The Balaban J connectivity index is 1.99. The summed E-state index contributed by atoms with van der Waals surface area (Å²) in [5.41, 5.74) is 11.2. The predicted molar refractivity (Wildman–Crippen MR) is 84.9 cm³/mol. The molecule has 1 heterocycles. The van der Waals surface area contributed by atoms with Gasteiger partial charge in [0.25, 0.3) is 0 Å². The Hall–Kier alpha value is -0.760. The molecule has 2 atom stereocenters. The maximum Gasteiger partial charge on any atom is 0.0335 e. The van der Waals surface area contributed by atoms with E-state index in [1.54, 1.807) is 0 Å². The Labute approximate surface area is 123 Å². The first kappa shape index (κ1) is 14.2. The van der Waals surface area contributed by atoms with Gasteiger partial charge in [0.2, 0.25) is 0 Å². The van der Waals surface area contributed by atoms with Gasteiger partial charge in [-0.3, -0.25) is 0 Å². The fourth-order valence-electron chi connectivity index (χ4n) is 4.69. The highest BCUT2D eigenvalue weighted by molar-refractivity contribution is 5.34. The third-order valence-corrected chi connectivity index (χ3v) is 5.68. The summed E-state index contributed by atoms with van der Waals surface area (Å²) in [7, 11) is 0. The van der Waals surface area contributed by atoms with Crippen molar-refractivity contribution in [2.45, 2.75) is 78.3 Å². The minimum Gasteiger partial charge on any atom is -0.346 e. The van der Waals surface area contributed by atoms with E-state index in [-0.39, 0.29) is 6.04 Å². The van der Waals surface area contributed by atoms with Crippen molar-refractivity contribution in [2.75, 3.05) is 0 Å². The highest BCUT2D eigenvalue weighted by atomic mass is 15.0. The van der Waals surface area contributed by atoms with Crippen LogP contribution in [0.2, 0.25) is 0 Å². The molecule has 2 N–H and O–H groups in total. The number of aromatic nitrogens is 1. The monoisotopic (exact) mass is 274 g/mol. The molecule has 2 heteroatoms. The van der Waals surface area contributed by atoms with Gasteiger partial charge < -0.3 is 10.3 Å². The van der Waals surface area contributed by atoms with Crippen molar-refractivity contribution in [2.24, 2.45) is 17.1 Å². The zero-order valence-corrected chi connectivity index (χ0v) is 13.6. The van der Waals surface area contributed by atoms with Crippen LogP contribution in [0.25, 0.3) is 0 Å². The van der Waals surface area contributed by atoms with Gasteiger partial charge in [-0.05, 0) is 62.5 Å². The molecule has 20 heavy (non-hydrogen) atoms. The topological polar surface area (TPSA) is 30.9 Å². The average molecular weight is 274 g/mol. The van der Waals surface area contributed by atoms with Gasteiger partial charge in [0.15, 0.2) is 0 Å². The number of aryl methyl sites for hydroxylation is 1. The lowest BCUT2D eigenvalue weighted by atomic mass is 9.74. The van der Waals surface area contributed by atoms with Crippen molar-refractivity contribution in [1.82, 2.24) is 4.57 Å². The third-order valence-electron chi connectivity index (χ3n) is 5.68. The van der Waals surface area contributed by atoms with Crippen molar-refractivity contribution in [1.29, 1.82) is 0 Å². The molecule has 112 valence electrons. The zero-order chi connectivity index (χ0) is 14.5. The van der Waals surface area contributed by atoms with Crippen molar-refractivity contribution >= 4 is 0 Å². The van der Waals surface area contributed by atoms with Crippen LogP contribution in [0.15, 0.2) is 6.07 Å².